The van der Waals surface area contributed by atoms with Crippen molar-refractivity contribution in [1.82, 2.24) is 4.90 Å². The van der Waals surface area contributed by atoms with Crippen LogP contribution in [0.4, 0.5) is 4.79 Å². The summed E-state index contributed by atoms with van der Waals surface area (Å²) in [5.74, 6) is -1.15. The average molecular weight is 271 g/mol. The third-order valence-electron chi connectivity index (χ3n) is 2.65. The molecule has 0 aromatic heterocycles. The Morgan fingerprint density at radius 1 is 1.42 bits per heavy atom. The van der Waals surface area contributed by atoms with Crippen LogP contribution in [0.25, 0.3) is 0 Å². The lowest BCUT2D eigenvalue weighted by molar-refractivity contribution is -0.120. The number of ether oxygens (including phenoxy) is 1. The highest BCUT2D eigenvalue weighted by Crippen LogP contribution is 2.18. The SMILES string of the molecule is CON=C1CCN(C(=O)OC(C)(C)C)CC1C(N)=O. The van der Waals surface area contributed by atoms with Gasteiger partial charge in [-0.25, -0.2) is 4.79 Å². The molecule has 0 radical (unpaired) electrons. The van der Waals surface area contributed by atoms with Crippen molar-refractivity contribution in [3.63, 3.8) is 0 Å². The molecule has 19 heavy (non-hydrogen) atoms. The van der Waals surface area contributed by atoms with Crippen molar-refractivity contribution in [2.45, 2.75) is 32.8 Å². The molecule has 0 saturated carbocycles. The number of nitrogens with zero attached hydrogens (tertiary/aromatic N) is 2. The van der Waals surface area contributed by atoms with Crippen molar-refractivity contribution >= 4 is 17.7 Å². The first-order chi connectivity index (χ1) is 8.74. The zero-order valence-corrected chi connectivity index (χ0v) is 11.8. The summed E-state index contributed by atoms with van der Waals surface area (Å²) in [5, 5.41) is 3.79. The van der Waals surface area contributed by atoms with Crippen LogP contribution < -0.4 is 5.73 Å². The Balaban J connectivity index is 2.74. The highest BCUT2D eigenvalue weighted by atomic mass is 16.6. The number of oxime groups is 1. The van der Waals surface area contributed by atoms with E-state index >= 15 is 0 Å². The van der Waals surface area contributed by atoms with Crippen molar-refractivity contribution in [3.8, 4) is 0 Å². The average Bonchev–Trinajstić information content (AvgIpc) is 2.27. The first-order valence-electron chi connectivity index (χ1n) is 6.11. The number of nitrogens with two attached hydrogens (primary N) is 1. The Labute approximate surface area is 112 Å². The zero-order valence-electron chi connectivity index (χ0n) is 11.8. The predicted molar refractivity (Wildman–Crippen MR) is 69.6 cm³/mol. The molecule has 1 unspecified atom stereocenters. The molecule has 0 aliphatic carbocycles. The van der Waals surface area contributed by atoms with Gasteiger partial charge in [-0.15, -0.1) is 0 Å². The fourth-order valence-electron chi connectivity index (χ4n) is 1.81. The van der Waals surface area contributed by atoms with Gasteiger partial charge in [0.05, 0.1) is 11.6 Å². The van der Waals surface area contributed by atoms with E-state index in [0.29, 0.717) is 18.7 Å². The molecule has 0 bridgehead atoms. The standard InChI is InChI=1S/C12H21N3O4/c1-12(2,3)19-11(17)15-6-5-9(14-18-4)8(7-15)10(13)16/h8H,5-7H2,1-4H3,(H2,13,16). The normalized spacial score (nSPS) is 22.2. The summed E-state index contributed by atoms with van der Waals surface area (Å²) >= 11 is 0. The summed E-state index contributed by atoms with van der Waals surface area (Å²) in [5.41, 5.74) is 5.32. The lowest BCUT2D eigenvalue weighted by Crippen LogP contribution is -2.50. The van der Waals surface area contributed by atoms with Crippen LogP contribution in [0.15, 0.2) is 5.16 Å². The predicted octanol–water partition coefficient (Wildman–Crippen LogP) is 0.731. The summed E-state index contributed by atoms with van der Waals surface area (Å²) in [7, 11) is 1.41. The second kappa shape index (κ2) is 5.90. The molecule has 0 aromatic carbocycles. The second-order valence-electron chi connectivity index (χ2n) is 5.40. The molecule has 0 spiro atoms. The Kier molecular flexibility index (Phi) is 4.74. The molecule has 7 nitrogen and oxygen atoms in total. The summed E-state index contributed by atoms with van der Waals surface area (Å²) in [4.78, 5) is 29.5. The zero-order chi connectivity index (χ0) is 14.6. The van der Waals surface area contributed by atoms with E-state index in [1.54, 1.807) is 20.8 Å². The molecule has 1 rings (SSSR count). The summed E-state index contributed by atoms with van der Waals surface area (Å²) < 4.78 is 5.26. The molecule has 7 heteroatoms. The van der Waals surface area contributed by atoms with Gasteiger partial charge in [0.1, 0.15) is 12.7 Å². The third kappa shape index (κ3) is 4.42. The van der Waals surface area contributed by atoms with Gasteiger partial charge in [-0.1, -0.05) is 5.16 Å². The number of amides is 2. The minimum absolute atomic E-state index is 0.173. The first kappa shape index (κ1) is 15.3. The molecular formula is C12H21N3O4. The maximum Gasteiger partial charge on any atom is 0.410 e. The first-order valence-corrected chi connectivity index (χ1v) is 6.11. The van der Waals surface area contributed by atoms with E-state index < -0.39 is 23.5 Å². The number of rotatable bonds is 2. The van der Waals surface area contributed by atoms with Gasteiger partial charge in [0.2, 0.25) is 5.91 Å². The Morgan fingerprint density at radius 3 is 2.53 bits per heavy atom. The third-order valence-corrected chi connectivity index (χ3v) is 2.65. The molecule has 108 valence electrons. The highest BCUT2D eigenvalue weighted by Gasteiger charge is 2.34. The Morgan fingerprint density at radius 2 is 2.05 bits per heavy atom. The highest BCUT2D eigenvalue weighted by molar-refractivity contribution is 6.04. The largest absolute Gasteiger partial charge is 0.444 e. The number of hydrogen-bond acceptors (Lipinski definition) is 5. The van der Waals surface area contributed by atoms with Crippen molar-refractivity contribution in [1.29, 1.82) is 0 Å². The summed E-state index contributed by atoms with van der Waals surface area (Å²) in [6.45, 7) is 5.97. The smallest absolute Gasteiger partial charge is 0.410 e. The Bertz CT molecular complexity index is 387. The Hall–Kier alpha value is -1.79. The number of primary amides is 1. The molecule has 1 aliphatic heterocycles. The van der Waals surface area contributed by atoms with Crippen molar-refractivity contribution < 1.29 is 19.2 Å². The number of likely N-dealkylation sites (tertiary alicyclic amines) is 1. The maximum absolute atomic E-state index is 11.9. The van der Waals surface area contributed by atoms with Crippen LogP contribution in [-0.2, 0) is 14.4 Å². The van der Waals surface area contributed by atoms with Crippen LogP contribution >= 0.6 is 0 Å². The van der Waals surface area contributed by atoms with Gasteiger partial charge in [-0.05, 0) is 20.8 Å². The topological polar surface area (TPSA) is 94.2 Å². The van der Waals surface area contributed by atoms with Crippen LogP contribution in [0.1, 0.15) is 27.2 Å². The van der Waals surface area contributed by atoms with Gasteiger partial charge >= 0.3 is 6.09 Å². The van der Waals surface area contributed by atoms with E-state index in [4.69, 9.17) is 10.5 Å². The minimum Gasteiger partial charge on any atom is -0.444 e. The van der Waals surface area contributed by atoms with Crippen LogP contribution in [0.2, 0.25) is 0 Å². The molecule has 2 amide bonds. The summed E-state index contributed by atoms with van der Waals surface area (Å²) in [6.07, 6.45) is -0.00374. The van der Waals surface area contributed by atoms with Crippen LogP contribution in [-0.4, -0.2) is 48.4 Å². The number of carbonyl (C=O) groups is 2. The molecule has 1 heterocycles. The molecular weight excluding hydrogens is 250 g/mol. The van der Waals surface area contributed by atoms with Crippen LogP contribution in [0, 0.1) is 5.92 Å². The lowest BCUT2D eigenvalue weighted by atomic mass is 9.95. The van der Waals surface area contributed by atoms with E-state index in [0.717, 1.165) is 0 Å². The van der Waals surface area contributed by atoms with Gasteiger partial charge < -0.3 is 20.2 Å². The fraction of sp³-hybridized carbons (Fsp3) is 0.750. The van der Waals surface area contributed by atoms with Crippen molar-refractivity contribution in [2.24, 2.45) is 16.8 Å². The van der Waals surface area contributed by atoms with Gasteiger partial charge in [0.25, 0.3) is 0 Å². The molecule has 2 N–H and O–H groups in total. The van der Waals surface area contributed by atoms with E-state index in [1.807, 2.05) is 0 Å². The van der Waals surface area contributed by atoms with E-state index in [1.165, 1.54) is 12.0 Å². The van der Waals surface area contributed by atoms with Gasteiger partial charge in [0, 0.05) is 19.5 Å². The van der Waals surface area contributed by atoms with Gasteiger partial charge in [-0.3, -0.25) is 4.79 Å². The molecule has 1 saturated heterocycles. The monoisotopic (exact) mass is 271 g/mol. The van der Waals surface area contributed by atoms with Crippen molar-refractivity contribution in [2.75, 3.05) is 20.2 Å². The van der Waals surface area contributed by atoms with E-state index in [2.05, 4.69) is 9.99 Å². The van der Waals surface area contributed by atoms with E-state index in [-0.39, 0.29) is 6.54 Å². The number of hydrogen-bond donors (Lipinski definition) is 1. The summed E-state index contributed by atoms with van der Waals surface area (Å²) in [6, 6.07) is 0. The van der Waals surface area contributed by atoms with Gasteiger partial charge in [0.15, 0.2) is 0 Å². The maximum atomic E-state index is 11.9. The molecule has 1 fully saturated rings. The molecule has 1 aliphatic rings. The number of carbonyl (C=O) groups excluding carboxylic acids is 2. The van der Waals surface area contributed by atoms with E-state index in [9.17, 15) is 9.59 Å². The van der Waals surface area contributed by atoms with Crippen LogP contribution in [0.3, 0.4) is 0 Å². The molecule has 0 aromatic rings. The quantitative estimate of drug-likeness (QED) is 0.749. The second-order valence-corrected chi connectivity index (χ2v) is 5.40. The fourth-order valence-corrected chi connectivity index (χ4v) is 1.81. The molecule has 1 atom stereocenters. The minimum atomic E-state index is -0.624. The lowest BCUT2D eigenvalue weighted by Gasteiger charge is -2.33. The van der Waals surface area contributed by atoms with Crippen molar-refractivity contribution in [3.05, 3.63) is 0 Å². The van der Waals surface area contributed by atoms with Gasteiger partial charge in [-0.2, -0.15) is 0 Å². The van der Waals surface area contributed by atoms with Crippen LogP contribution in [0.5, 0.6) is 0 Å². The number of piperidine rings is 1.